The van der Waals surface area contributed by atoms with Crippen molar-refractivity contribution in [3.05, 3.63) is 113 Å². The molecule has 4 nitrogen and oxygen atoms in total. The highest BCUT2D eigenvalue weighted by molar-refractivity contribution is 6.89. The maximum absolute atomic E-state index is 6.57. The lowest BCUT2D eigenvalue weighted by molar-refractivity contribution is -0.708. The molecule has 0 aliphatic carbocycles. The number of nitrogens with zero attached hydrogens (tertiary/aromatic N) is 3. The summed E-state index contributed by atoms with van der Waals surface area (Å²) in [5.41, 5.74) is 13.0. The standard InChI is InChI=1S/C39H42N3OSi/c1-10-32-36-26(19-23(4)35-30-17-15-24(5)40-39(30)43-38(35)36)16-18-29-27-13-11-12-14-28(27)33-20-31(22(2)3)34(44(7,8)9)21-42(33)37(29)25(6)41-32/h10-15,17,19-22,29,37H,1,6,16,18H2,2-5,7-9H3/q+1/b41-32-. The summed E-state index contributed by atoms with van der Waals surface area (Å²) in [4.78, 5) is 10.1. The number of aliphatic imine (C=N–C) groups is 1. The van der Waals surface area contributed by atoms with Crippen LogP contribution in [0.25, 0.3) is 33.3 Å². The van der Waals surface area contributed by atoms with Gasteiger partial charge in [0.25, 0.3) is 0 Å². The van der Waals surface area contributed by atoms with Gasteiger partial charge in [0.2, 0.25) is 17.4 Å². The molecule has 7 rings (SSSR count). The van der Waals surface area contributed by atoms with Crippen molar-refractivity contribution in [2.24, 2.45) is 4.99 Å². The van der Waals surface area contributed by atoms with Crippen molar-refractivity contribution < 1.29 is 8.98 Å². The minimum atomic E-state index is -1.65. The van der Waals surface area contributed by atoms with Crippen LogP contribution in [-0.4, -0.2) is 18.8 Å². The van der Waals surface area contributed by atoms with Gasteiger partial charge in [-0.3, -0.25) is 0 Å². The van der Waals surface area contributed by atoms with Gasteiger partial charge in [-0.1, -0.05) is 70.9 Å². The van der Waals surface area contributed by atoms with Crippen molar-refractivity contribution in [2.45, 2.75) is 78.1 Å². The molecule has 0 radical (unpaired) electrons. The summed E-state index contributed by atoms with van der Waals surface area (Å²) in [6.45, 7) is 25.1. The zero-order valence-corrected chi connectivity index (χ0v) is 28.1. The molecule has 2 aliphatic heterocycles. The van der Waals surface area contributed by atoms with Gasteiger partial charge >= 0.3 is 0 Å². The van der Waals surface area contributed by atoms with Crippen LogP contribution < -0.4 is 9.75 Å². The molecule has 44 heavy (non-hydrogen) atoms. The molecular formula is C39H42N3OSi+. The zero-order valence-electron chi connectivity index (χ0n) is 27.1. The van der Waals surface area contributed by atoms with Crippen molar-refractivity contribution in [1.29, 1.82) is 0 Å². The summed E-state index contributed by atoms with van der Waals surface area (Å²) in [5.74, 6) is 0.677. The molecule has 0 bridgehead atoms. The SMILES string of the molecule is C=C/C1=N/C(=C)C2C(CCc3cc(C)c4c(oc5nc(C)ccc54)c31)c1ccccc1-c1cc(C(C)C)c([Si](C)(C)C)c[n+]12. The van der Waals surface area contributed by atoms with E-state index in [-0.39, 0.29) is 12.0 Å². The third-order valence-electron chi connectivity index (χ3n) is 9.70. The second-order valence-corrected chi connectivity index (χ2v) is 19.1. The molecule has 2 aliphatic rings. The molecule has 3 aromatic heterocycles. The van der Waals surface area contributed by atoms with Gasteiger partial charge in [0.05, 0.1) is 19.7 Å². The first-order chi connectivity index (χ1) is 21.0. The number of furan rings is 1. The summed E-state index contributed by atoms with van der Waals surface area (Å²) in [7, 11) is -1.65. The van der Waals surface area contributed by atoms with E-state index in [0.29, 0.717) is 11.6 Å². The average Bonchev–Trinajstić information content (AvgIpc) is 3.37. The molecule has 5 aromatic rings. The van der Waals surface area contributed by atoms with Crippen LogP contribution in [0.4, 0.5) is 0 Å². The zero-order chi connectivity index (χ0) is 31.1. The predicted octanol–water partition coefficient (Wildman–Crippen LogP) is 8.99. The number of rotatable bonds is 3. The normalized spacial score (nSPS) is 19.4. The first kappa shape index (κ1) is 28.7. The summed E-state index contributed by atoms with van der Waals surface area (Å²) >= 11 is 0. The third kappa shape index (κ3) is 4.35. The van der Waals surface area contributed by atoms with Gasteiger partial charge in [-0.2, -0.15) is 4.57 Å². The molecule has 0 fully saturated rings. The van der Waals surface area contributed by atoms with Crippen LogP contribution in [0, 0.1) is 13.8 Å². The quantitative estimate of drug-likeness (QED) is 0.154. The minimum Gasteiger partial charge on any atom is -0.437 e. The van der Waals surface area contributed by atoms with E-state index in [9.17, 15) is 0 Å². The van der Waals surface area contributed by atoms with Crippen molar-refractivity contribution in [1.82, 2.24) is 4.98 Å². The first-order valence-electron chi connectivity index (χ1n) is 15.9. The summed E-state index contributed by atoms with van der Waals surface area (Å²) in [6, 6.07) is 18.0. The van der Waals surface area contributed by atoms with Gasteiger partial charge in [0, 0.05) is 38.8 Å². The molecule has 0 saturated heterocycles. The van der Waals surface area contributed by atoms with Crippen LogP contribution in [0.2, 0.25) is 19.6 Å². The Hall–Kier alpha value is -4.09. The lowest BCUT2D eigenvalue weighted by Crippen LogP contribution is -2.54. The number of benzene rings is 2. The van der Waals surface area contributed by atoms with Crippen molar-refractivity contribution in [3.63, 3.8) is 0 Å². The van der Waals surface area contributed by atoms with Crippen LogP contribution in [0.15, 0.2) is 89.1 Å². The lowest BCUT2D eigenvalue weighted by atomic mass is 9.78. The van der Waals surface area contributed by atoms with Crippen molar-refractivity contribution in [3.8, 4) is 11.3 Å². The summed E-state index contributed by atoms with van der Waals surface area (Å²) in [5, 5.41) is 3.66. The number of fused-ring (bicyclic) bond motifs is 11. The molecule has 2 atom stereocenters. The highest BCUT2D eigenvalue weighted by Gasteiger charge is 2.44. The fraction of sp³-hybridized carbons (Fsp3) is 0.308. The second kappa shape index (κ2) is 10.2. The number of hydrogen-bond acceptors (Lipinski definition) is 3. The Balaban J connectivity index is 1.51. The van der Waals surface area contributed by atoms with E-state index in [1.54, 1.807) is 0 Å². The monoisotopic (exact) mass is 596 g/mol. The van der Waals surface area contributed by atoms with Crippen LogP contribution in [0.1, 0.15) is 71.7 Å². The van der Waals surface area contributed by atoms with Crippen LogP contribution >= 0.6 is 0 Å². The highest BCUT2D eigenvalue weighted by atomic mass is 28.3. The Bertz CT molecular complexity index is 2060. The first-order valence-corrected chi connectivity index (χ1v) is 19.4. The number of aromatic nitrogens is 2. The highest BCUT2D eigenvalue weighted by Crippen LogP contribution is 2.46. The van der Waals surface area contributed by atoms with Gasteiger partial charge in [-0.05, 0) is 79.1 Å². The molecule has 0 amide bonds. The molecule has 5 heteroatoms. The van der Waals surface area contributed by atoms with Gasteiger partial charge < -0.3 is 4.42 Å². The maximum Gasteiger partial charge on any atom is 0.227 e. The Kier molecular flexibility index (Phi) is 6.67. The number of hydrogen-bond donors (Lipinski definition) is 0. The molecule has 0 saturated carbocycles. The Morgan fingerprint density at radius 2 is 1.84 bits per heavy atom. The van der Waals surface area contributed by atoms with Gasteiger partial charge in [0.15, 0.2) is 6.20 Å². The molecular weight excluding hydrogens is 555 g/mol. The maximum atomic E-state index is 6.57. The van der Waals surface area contributed by atoms with Crippen LogP contribution in [-0.2, 0) is 6.42 Å². The number of aryl methyl sites for hydroxylation is 3. The molecule has 5 heterocycles. The van der Waals surface area contributed by atoms with Crippen LogP contribution in [0.3, 0.4) is 0 Å². The van der Waals surface area contributed by atoms with E-state index in [1.807, 2.05) is 13.0 Å². The molecule has 222 valence electrons. The number of allylic oxidation sites excluding steroid dienone is 2. The van der Waals surface area contributed by atoms with Crippen molar-refractivity contribution >= 4 is 41.0 Å². The molecule has 2 aromatic carbocycles. The topological polar surface area (TPSA) is 42.3 Å². The molecule has 0 spiro atoms. The number of pyridine rings is 2. The lowest BCUT2D eigenvalue weighted by Gasteiger charge is -2.32. The average molecular weight is 597 g/mol. The van der Waals surface area contributed by atoms with E-state index < -0.39 is 8.07 Å². The Labute approximate surface area is 261 Å². The molecule has 0 N–H and O–H groups in total. The summed E-state index contributed by atoms with van der Waals surface area (Å²) in [6.07, 6.45) is 6.21. The van der Waals surface area contributed by atoms with E-state index in [1.165, 1.54) is 38.7 Å². The largest absolute Gasteiger partial charge is 0.437 e. The fourth-order valence-electron chi connectivity index (χ4n) is 7.66. The van der Waals surface area contributed by atoms with Crippen molar-refractivity contribution in [2.75, 3.05) is 0 Å². The Morgan fingerprint density at radius 3 is 2.57 bits per heavy atom. The summed E-state index contributed by atoms with van der Waals surface area (Å²) < 4.78 is 9.08. The van der Waals surface area contributed by atoms with Gasteiger partial charge in [-0.15, -0.1) is 0 Å². The predicted molar refractivity (Wildman–Crippen MR) is 186 cm³/mol. The van der Waals surface area contributed by atoms with E-state index in [2.05, 4.69) is 106 Å². The van der Waals surface area contributed by atoms with E-state index >= 15 is 0 Å². The van der Waals surface area contributed by atoms with Gasteiger partial charge in [0.1, 0.15) is 11.3 Å². The van der Waals surface area contributed by atoms with Gasteiger partial charge in [-0.25, -0.2) is 9.98 Å². The second-order valence-electron chi connectivity index (χ2n) is 14.0. The molecule has 2 unspecified atom stereocenters. The third-order valence-corrected chi connectivity index (χ3v) is 11.7. The fourth-order valence-corrected chi connectivity index (χ4v) is 9.41. The van der Waals surface area contributed by atoms with Crippen LogP contribution in [0.5, 0.6) is 0 Å². The smallest absolute Gasteiger partial charge is 0.227 e. The van der Waals surface area contributed by atoms with E-state index in [0.717, 1.165) is 51.9 Å². The Morgan fingerprint density at radius 1 is 1.07 bits per heavy atom. The van der Waals surface area contributed by atoms with E-state index in [4.69, 9.17) is 21.0 Å². The minimum absolute atomic E-state index is 0.00273.